The van der Waals surface area contributed by atoms with Crippen LogP contribution in [0.4, 0.5) is 13.2 Å². The molecule has 1 unspecified atom stereocenters. The first kappa shape index (κ1) is 14.7. The van der Waals surface area contributed by atoms with Crippen molar-refractivity contribution in [2.75, 3.05) is 0 Å². The Bertz CT molecular complexity index is 396. The predicted molar refractivity (Wildman–Crippen MR) is 69.9 cm³/mol. The maximum atomic E-state index is 12.2. The van der Waals surface area contributed by atoms with Gasteiger partial charge in [0.25, 0.3) is 0 Å². The summed E-state index contributed by atoms with van der Waals surface area (Å²) in [6.45, 7) is 0. The normalized spacial score (nSPS) is 18.7. The molecule has 1 aromatic rings. The first-order valence-electron chi connectivity index (χ1n) is 6.48. The first-order chi connectivity index (χ1) is 8.94. The third kappa shape index (κ3) is 4.73. The van der Waals surface area contributed by atoms with Gasteiger partial charge < -0.3 is 5.11 Å². The third-order valence-electron chi connectivity index (χ3n) is 3.53. The predicted octanol–water partition coefficient (Wildman–Crippen LogP) is 4.91. The van der Waals surface area contributed by atoms with Crippen molar-refractivity contribution in [2.24, 2.45) is 5.92 Å². The fourth-order valence-electron chi connectivity index (χ4n) is 2.59. The molecule has 0 saturated heterocycles. The molecule has 1 aliphatic rings. The molecule has 1 nitrogen and oxygen atoms in total. The standard InChI is InChI=1S/C14H17F3OS/c15-14(16,17)19-12-7-5-11(6-8-12)13(18)9-10-3-1-2-4-10/h5-8,10,13,18H,1-4,9H2. The van der Waals surface area contributed by atoms with E-state index >= 15 is 0 Å². The van der Waals surface area contributed by atoms with Gasteiger partial charge >= 0.3 is 5.51 Å². The van der Waals surface area contributed by atoms with Gasteiger partial charge in [0.2, 0.25) is 0 Å². The van der Waals surface area contributed by atoms with Crippen LogP contribution in [0, 0.1) is 5.92 Å². The topological polar surface area (TPSA) is 20.2 Å². The Morgan fingerprint density at radius 1 is 1.16 bits per heavy atom. The van der Waals surface area contributed by atoms with Crippen molar-refractivity contribution in [3.05, 3.63) is 29.8 Å². The van der Waals surface area contributed by atoms with Crippen LogP contribution in [0.5, 0.6) is 0 Å². The highest BCUT2D eigenvalue weighted by atomic mass is 32.2. The molecule has 0 radical (unpaired) electrons. The van der Waals surface area contributed by atoms with Crippen molar-refractivity contribution in [3.8, 4) is 0 Å². The van der Waals surface area contributed by atoms with Crippen LogP contribution in [0.2, 0.25) is 0 Å². The lowest BCUT2D eigenvalue weighted by Crippen LogP contribution is -2.04. The molecule has 1 aromatic carbocycles. The second-order valence-corrected chi connectivity index (χ2v) is 6.16. The first-order valence-corrected chi connectivity index (χ1v) is 7.29. The van der Waals surface area contributed by atoms with E-state index in [4.69, 9.17) is 0 Å². The highest BCUT2D eigenvalue weighted by molar-refractivity contribution is 8.00. The van der Waals surface area contributed by atoms with Crippen LogP contribution in [0.25, 0.3) is 0 Å². The second-order valence-electron chi connectivity index (χ2n) is 5.02. The van der Waals surface area contributed by atoms with Crippen molar-refractivity contribution in [1.82, 2.24) is 0 Å². The van der Waals surface area contributed by atoms with Gasteiger partial charge in [-0.3, -0.25) is 0 Å². The lowest BCUT2D eigenvalue weighted by molar-refractivity contribution is -0.0328. The smallest absolute Gasteiger partial charge is 0.388 e. The van der Waals surface area contributed by atoms with Crippen LogP contribution in [-0.2, 0) is 0 Å². The summed E-state index contributed by atoms with van der Waals surface area (Å²) in [6.07, 6.45) is 4.90. The molecular weight excluding hydrogens is 273 g/mol. The molecule has 0 spiro atoms. The van der Waals surface area contributed by atoms with Gasteiger partial charge in [0, 0.05) is 4.90 Å². The van der Waals surface area contributed by atoms with E-state index in [2.05, 4.69) is 0 Å². The zero-order valence-corrected chi connectivity index (χ0v) is 11.3. The zero-order valence-electron chi connectivity index (χ0n) is 10.5. The molecule has 19 heavy (non-hydrogen) atoms. The summed E-state index contributed by atoms with van der Waals surface area (Å²) >= 11 is -0.128. The highest BCUT2D eigenvalue weighted by Crippen LogP contribution is 2.38. The van der Waals surface area contributed by atoms with Crippen molar-refractivity contribution < 1.29 is 18.3 Å². The summed E-state index contributed by atoms with van der Waals surface area (Å²) in [5, 5.41) is 10.1. The Morgan fingerprint density at radius 3 is 2.26 bits per heavy atom. The number of benzene rings is 1. The minimum Gasteiger partial charge on any atom is -0.388 e. The molecule has 106 valence electrons. The number of halogens is 3. The van der Waals surface area contributed by atoms with Crippen LogP contribution in [-0.4, -0.2) is 10.6 Å². The Labute approximate surface area is 115 Å². The summed E-state index contributed by atoms with van der Waals surface area (Å²) in [5.74, 6) is 0.555. The van der Waals surface area contributed by atoms with E-state index in [9.17, 15) is 18.3 Å². The number of hydrogen-bond donors (Lipinski definition) is 1. The molecule has 0 amide bonds. The fraction of sp³-hybridized carbons (Fsp3) is 0.571. The molecular formula is C14H17F3OS. The summed E-state index contributed by atoms with van der Waals surface area (Å²) in [5.41, 5.74) is -3.55. The molecule has 0 heterocycles. The Hall–Kier alpha value is -0.680. The number of thioether (sulfide) groups is 1. The van der Waals surface area contributed by atoms with E-state index in [1.54, 1.807) is 12.1 Å². The van der Waals surface area contributed by atoms with E-state index in [1.807, 2.05) is 0 Å². The SMILES string of the molecule is OC(CC1CCCC1)c1ccc(SC(F)(F)F)cc1. The molecule has 1 atom stereocenters. The number of hydrogen-bond acceptors (Lipinski definition) is 2. The van der Waals surface area contributed by atoms with E-state index in [0.29, 0.717) is 17.9 Å². The highest BCUT2D eigenvalue weighted by Gasteiger charge is 2.29. The molecule has 1 fully saturated rings. The zero-order chi connectivity index (χ0) is 13.9. The van der Waals surface area contributed by atoms with Crippen LogP contribution >= 0.6 is 11.8 Å². The third-order valence-corrected chi connectivity index (χ3v) is 4.27. The van der Waals surface area contributed by atoms with Gasteiger partial charge in [0.05, 0.1) is 6.10 Å². The largest absolute Gasteiger partial charge is 0.446 e. The molecule has 1 aliphatic carbocycles. The quantitative estimate of drug-likeness (QED) is 0.795. The van der Waals surface area contributed by atoms with Gasteiger partial charge in [-0.25, -0.2) is 0 Å². The van der Waals surface area contributed by atoms with Crippen molar-refractivity contribution in [2.45, 2.75) is 48.6 Å². The molecule has 2 rings (SSSR count). The van der Waals surface area contributed by atoms with Gasteiger partial charge in [-0.2, -0.15) is 13.2 Å². The van der Waals surface area contributed by atoms with E-state index < -0.39 is 11.6 Å². The summed E-state index contributed by atoms with van der Waals surface area (Å²) < 4.78 is 36.6. The minimum absolute atomic E-state index is 0.128. The van der Waals surface area contributed by atoms with E-state index in [1.165, 1.54) is 25.0 Å². The molecule has 0 aliphatic heterocycles. The monoisotopic (exact) mass is 290 g/mol. The van der Waals surface area contributed by atoms with Gasteiger partial charge in [0.15, 0.2) is 0 Å². The van der Waals surface area contributed by atoms with Crippen LogP contribution in [0.1, 0.15) is 43.8 Å². The number of aliphatic hydroxyl groups excluding tert-OH is 1. The van der Waals surface area contributed by atoms with Crippen molar-refractivity contribution >= 4 is 11.8 Å². The summed E-state index contributed by atoms with van der Waals surface area (Å²) in [4.78, 5) is 0.157. The lowest BCUT2D eigenvalue weighted by atomic mass is 9.96. The van der Waals surface area contributed by atoms with Crippen LogP contribution in [0.3, 0.4) is 0 Å². The lowest BCUT2D eigenvalue weighted by Gasteiger charge is -2.16. The Kier molecular flexibility index (Phi) is 4.79. The average molecular weight is 290 g/mol. The number of alkyl halides is 3. The van der Waals surface area contributed by atoms with Crippen molar-refractivity contribution in [1.29, 1.82) is 0 Å². The van der Waals surface area contributed by atoms with Gasteiger partial charge in [-0.05, 0) is 41.8 Å². The van der Waals surface area contributed by atoms with E-state index in [-0.39, 0.29) is 16.7 Å². The Morgan fingerprint density at radius 2 is 1.74 bits per heavy atom. The molecule has 1 saturated carbocycles. The van der Waals surface area contributed by atoms with Gasteiger partial charge in [-0.15, -0.1) is 0 Å². The Balaban J connectivity index is 1.93. The molecule has 1 N–H and O–H groups in total. The van der Waals surface area contributed by atoms with Crippen LogP contribution < -0.4 is 0 Å². The molecule has 0 bridgehead atoms. The van der Waals surface area contributed by atoms with Gasteiger partial charge in [-0.1, -0.05) is 37.8 Å². The summed E-state index contributed by atoms with van der Waals surface area (Å²) in [7, 11) is 0. The second kappa shape index (κ2) is 6.18. The summed E-state index contributed by atoms with van der Waals surface area (Å²) in [6, 6.07) is 6.03. The average Bonchev–Trinajstić information content (AvgIpc) is 2.80. The van der Waals surface area contributed by atoms with Gasteiger partial charge in [0.1, 0.15) is 0 Å². The number of rotatable bonds is 4. The molecule has 5 heteroatoms. The number of aliphatic hydroxyl groups is 1. The van der Waals surface area contributed by atoms with Crippen LogP contribution in [0.15, 0.2) is 29.2 Å². The maximum Gasteiger partial charge on any atom is 0.446 e. The molecule has 0 aromatic heterocycles. The fourth-order valence-corrected chi connectivity index (χ4v) is 3.13. The maximum absolute atomic E-state index is 12.2. The van der Waals surface area contributed by atoms with E-state index in [0.717, 1.165) is 12.8 Å². The minimum atomic E-state index is -4.26. The van der Waals surface area contributed by atoms with Crippen molar-refractivity contribution in [3.63, 3.8) is 0 Å².